The summed E-state index contributed by atoms with van der Waals surface area (Å²) in [5.41, 5.74) is 1.45. The SMILES string of the molecule is CC(NC(=O)c1ccc(Cl)cc1)c1ccc(OC(C(=O)O)C2CCCCC2)cc1. The maximum atomic E-state index is 12.4. The van der Waals surface area contributed by atoms with Gasteiger partial charge in [-0.15, -0.1) is 0 Å². The number of rotatable bonds is 7. The topological polar surface area (TPSA) is 75.6 Å². The second-order valence-electron chi connectivity index (χ2n) is 7.55. The Morgan fingerprint density at radius 2 is 1.66 bits per heavy atom. The fraction of sp³-hybridized carbons (Fsp3) is 0.391. The number of ether oxygens (including phenoxy) is 1. The minimum absolute atomic E-state index is 0.0542. The average Bonchev–Trinajstić information content (AvgIpc) is 2.73. The van der Waals surface area contributed by atoms with E-state index in [1.54, 1.807) is 36.4 Å². The highest BCUT2D eigenvalue weighted by Crippen LogP contribution is 2.29. The summed E-state index contributed by atoms with van der Waals surface area (Å²) in [6, 6.07) is 13.7. The third kappa shape index (κ3) is 5.73. The van der Waals surface area contributed by atoms with Crippen molar-refractivity contribution in [1.82, 2.24) is 5.32 Å². The van der Waals surface area contributed by atoms with Crippen molar-refractivity contribution in [2.45, 2.75) is 51.2 Å². The second-order valence-corrected chi connectivity index (χ2v) is 7.98. The Hall–Kier alpha value is -2.53. The van der Waals surface area contributed by atoms with Crippen LogP contribution in [0.4, 0.5) is 0 Å². The van der Waals surface area contributed by atoms with Crippen LogP contribution in [-0.2, 0) is 4.79 Å². The second kappa shape index (κ2) is 9.79. The molecular formula is C23H26ClNO4. The third-order valence-electron chi connectivity index (χ3n) is 5.42. The molecule has 1 saturated carbocycles. The fourth-order valence-electron chi connectivity index (χ4n) is 3.73. The summed E-state index contributed by atoms with van der Waals surface area (Å²) in [5, 5.41) is 13.1. The summed E-state index contributed by atoms with van der Waals surface area (Å²) in [6.45, 7) is 1.89. The molecule has 0 aromatic heterocycles. The molecule has 1 fully saturated rings. The van der Waals surface area contributed by atoms with Gasteiger partial charge in [0.15, 0.2) is 6.10 Å². The van der Waals surface area contributed by atoms with Crippen molar-refractivity contribution in [3.8, 4) is 5.75 Å². The Balaban J connectivity index is 1.61. The van der Waals surface area contributed by atoms with Crippen LogP contribution in [-0.4, -0.2) is 23.1 Å². The van der Waals surface area contributed by atoms with Gasteiger partial charge < -0.3 is 15.2 Å². The van der Waals surface area contributed by atoms with E-state index in [0.29, 0.717) is 16.3 Å². The van der Waals surface area contributed by atoms with Crippen molar-refractivity contribution in [3.63, 3.8) is 0 Å². The zero-order chi connectivity index (χ0) is 20.8. The number of benzene rings is 2. The van der Waals surface area contributed by atoms with Crippen molar-refractivity contribution < 1.29 is 19.4 Å². The molecule has 2 atom stereocenters. The molecule has 1 amide bonds. The highest BCUT2D eigenvalue weighted by molar-refractivity contribution is 6.30. The summed E-state index contributed by atoms with van der Waals surface area (Å²) in [6.07, 6.45) is 4.24. The van der Waals surface area contributed by atoms with Gasteiger partial charge in [0.25, 0.3) is 5.91 Å². The van der Waals surface area contributed by atoms with Gasteiger partial charge >= 0.3 is 5.97 Å². The van der Waals surface area contributed by atoms with Crippen LogP contribution < -0.4 is 10.1 Å². The van der Waals surface area contributed by atoms with Gasteiger partial charge in [0.2, 0.25) is 0 Å². The first kappa shape index (κ1) is 21.2. The molecule has 0 heterocycles. The summed E-state index contributed by atoms with van der Waals surface area (Å²) < 4.78 is 5.81. The molecule has 2 N–H and O–H groups in total. The smallest absolute Gasteiger partial charge is 0.345 e. The molecule has 0 spiro atoms. The summed E-state index contributed by atoms with van der Waals surface area (Å²) in [5.74, 6) is -0.510. The maximum absolute atomic E-state index is 12.4. The van der Waals surface area contributed by atoms with Crippen molar-refractivity contribution in [3.05, 3.63) is 64.7 Å². The molecule has 2 aromatic carbocycles. The Labute approximate surface area is 176 Å². The maximum Gasteiger partial charge on any atom is 0.345 e. The number of carbonyl (C=O) groups is 2. The number of aliphatic carboxylic acids is 1. The number of nitrogens with one attached hydrogen (secondary N) is 1. The van der Waals surface area contributed by atoms with Crippen molar-refractivity contribution in [2.75, 3.05) is 0 Å². The minimum Gasteiger partial charge on any atom is -0.478 e. The number of halogens is 1. The molecular weight excluding hydrogens is 390 g/mol. The normalized spacial score (nSPS) is 16.6. The number of carboxylic acid groups (broad SMARTS) is 1. The number of carbonyl (C=O) groups excluding carboxylic acids is 1. The van der Waals surface area contributed by atoms with Gasteiger partial charge in [0, 0.05) is 16.5 Å². The molecule has 0 bridgehead atoms. The Morgan fingerprint density at radius 1 is 1.03 bits per heavy atom. The van der Waals surface area contributed by atoms with E-state index in [-0.39, 0.29) is 17.9 Å². The minimum atomic E-state index is -0.912. The first-order valence-electron chi connectivity index (χ1n) is 10.00. The predicted molar refractivity (Wildman–Crippen MR) is 112 cm³/mol. The number of hydrogen-bond acceptors (Lipinski definition) is 3. The van der Waals surface area contributed by atoms with Gasteiger partial charge in [-0.25, -0.2) is 4.79 Å². The molecule has 154 valence electrons. The van der Waals surface area contributed by atoms with E-state index in [1.165, 1.54) is 0 Å². The van der Waals surface area contributed by atoms with Gasteiger partial charge in [-0.2, -0.15) is 0 Å². The zero-order valence-electron chi connectivity index (χ0n) is 16.4. The summed E-state index contributed by atoms with van der Waals surface area (Å²) in [7, 11) is 0. The molecule has 5 nitrogen and oxygen atoms in total. The van der Waals surface area contributed by atoms with E-state index in [2.05, 4.69) is 5.32 Å². The van der Waals surface area contributed by atoms with Gasteiger partial charge in [-0.05, 0) is 61.7 Å². The lowest BCUT2D eigenvalue weighted by Gasteiger charge is -2.28. The monoisotopic (exact) mass is 415 g/mol. The lowest BCUT2D eigenvalue weighted by molar-refractivity contribution is -0.148. The van der Waals surface area contributed by atoms with Crippen LogP contribution in [0.2, 0.25) is 5.02 Å². The molecule has 6 heteroatoms. The van der Waals surface area contributed by atoms with Crippen LogP contribution in [0, 0.1) is 5.92 Å². The van der Waals surface area contributed by atoms with Crippen LogP contribution in [0.3, 0.4) is 0 Å². The van der Waals surface area contributed by atoms with E-state index in [9.17, 15) is 14.7 Å². The number of amides is 1. The molecule has 29 heavy (non-hydrogen) atoms. The van der Waals surface area contributed by atoms with Gasteiger partial charge in [0.05, 0.1) is 6.04 Å². The third-order valence-corrected chi connectivity index (χ3v) is 5.67. The molecule has 1 aliphatic rings. The van der Waals surface area contributed by atoms with Crippen molar-refractivity contribution >= 4 is 23.5 Å². The van der Waals surface area contributed by atoms with Crippen LogP contribution in [0.15, 0.2) is 48.5 Å². The predicted octanol–water partition coefficient (Wildman–Crippen LogP) is 5.24. The lowest BCUT2D eigenvalue weighted by atomic mass is 9.85. The van der Waals surface area contributed by atoms with Gasteiger partial charge in [0.1, 0.15) is 5.75 Å². The molecule has 2 unspecified atom stereocenters. The van der Waals surface area contributed by atoms with E-state index < -0.39 is 12.1 Å². The van der Waals surface area contributed by atoms with Crippen LogP contribution in [0.5, 0.6) is 5.75 Å². The van der Waals surface area contributed by atoms with E-state index in [4.69, 9.17) is 16.3 Å². The van der Waals surface area contributed by atoms with Crippen LogP contribution >= 0.6 is 11.6 Å². The largest absolute Gasteiger partial charge is 0.478 e. The molecule has 0 saturated heterocycles. The van der Waals surface area contributed by atoms with Gasteiger partial charge in [-0.1, -0.05) is 43.0 Å². The fourth-order valence-corrected chi connectivity index (χ4v) is 3.86. The van der Waals surface area contributed by atoms with Crippen LogP contribution in [0.1, 0.15) is 61.0 Å². The summed E-state index contributed by atoms with van der Waals surface area (Å²) >= 11 is 5.86. The Bertz CT molecular complexity index is 829. The molecule has 0 aliphatic heterocycles. The number of hydrogen-bond donors (Lipinski definition) is 2. The quantitative estimate of drug-likeness (QED) is 0.648. The highest BCUT2D eigenvalue weighted by Gasteiger charge is 2.31. The molecule has 0 radical (unpaired) electrons. The van der Waals surface area contributed by atoms with Crippen molar-refractivity contribution in [2.24, 2.45) is 5.92 Å². The first-order chi connectivity index (χ1) is 13.9. The Kier molecular flexibility index (Phi) is 7.15. The molecule has 2 aromatic rings. The van der Waals surface area contributed by atoms with Gasteiger partial charge in [-0.3, -0.25) is 4.79 Å². The summed E-state index contributed by atoms with van der Waals surface area (Å²) in [4.78, 5) is 24.0. The first-order valence-corrected chi connectivity index (χ1v) is 10.4. The average molecular weight is 416 g/mol. The lowest BCUT2D eigenvalue weighted by Crippen LogP contribution is -2.36. The van der Waals surface area contributed by atoms with E-state index in [0.717, 1.165) is 37.7 Å². The van der Waals surface area contributed by atoms with E-state index in [1.807, 2.05) is 19.1 Å². The Morgan fingerprint density at radius 3 is 2.24 bits per heavy atom. The van der Waals surface area contributed by atoms with E-state index >= 15 is 0 Å². The number of carboxylic acids is 1. The zero-order valence-corrected chi connectivity index (χ0v) is 17.2. The molecule has 1 aliphatic carbocycles. The molecule has 3 rings (SSSR count). The van der Waals surface area contributed by atoms with Crippen molar-refractivity contribution in [1.29, 1.82) is 0 Å². The standard InChI is InChI=1S/C23H26ClNO4/c1-15(25-22(26)18-7-11-19(24)12-8-18)16-9-13-20(14-10-16)29-21(23(27)28)17-5-3-2-4-6-17/h7-15,17,21H,2-6H2,1H3,(H,25,26)(H,27,28). The highest BCUT2D eigenvalue weighted by atomic mass is 35.5. The van der Waals surface area contributed by atoms with Crippen LogP contribution in [0.25, 0.3) is 0 Å².